The molecule has 70 valence electrons. The summed E-state index contributed by atoms with van der Waals surface area (Å²) in [6.45, 7) is 5.91. The van der Waals surface area contributed by atoms with Crippen molar-refractivity contribution in [3.8, 4) is 0 Å². The molecule has 0 aromatic heterocycles. The van der Waals surface area contributed by atoms with Gasteiger partial charge in [-0.2, -0.15) is 0 Å². The van der Waals surface area contributed by atoms with Gasteiger partial charge in [0, 0.05) is 0 Å². The SMILES string of the molecule is CCC=CC(CC)OCC1CO1. The Hall–Kier alpha value is -0.340. The highest BCUT2D eigenvalue weighted by Crippen LogP contribution is 2.11. The minimum Gasteiger partial charge on any atom is -0.371 e. The molecule has 0 saturated carbocycles. The quantitative estimate of drug-likeness (QED) is 0.450. The zero-order valence-electron chi connectivity index (χ0n) is 7.95. The van der Waals surface area contributed by atoms with Crippen LogP contribution in [-0.2, 0) is 9.47 Å². The van der Waals surface area contributed by atoms with Crippen molar-refractivity contribution in [2.45, 2.75) is 38.9 Å². The molecule has 0 N–H and O–H groups in total. The van der Waals surface area contributed by atoms with Gasteiger partial charge in [-0.25, -0.2) is 0 Å². The van der Waals surface area contributed by atoms with E-state index in [4.69, 9.17) is 9.47 Å². The molecular weight excluding hydrogens is 152 g/mol. The fraction of sp³-hybridized carbons (Fsp3) is 0.800. The second-order valence-electron chi connectivity index (χ2n) is 3.07. The maximum Gasteiger partial charge on any atom is 0.104 e. The molecule has 1 aliphatic rings. The molecule has 0 amide bonds. The molecule has 0 aromatic rings. The lowest BCUT2D eigenvalue weighted by Crippen LogP contribution is -2.12. The molecule has 0 aliphatic carbocycles. The van der Waals surface area contributed by atoms with Crippen LogP contribution in [-0.4, -0.2) is 25.4 Å². The van der Waals surface area contributed by atoms with Crippen LogP contribution in [0.1, 0.15) is 26.7 Å². The van der Waals surface area contributed by atoms with Crippen LogP contribution in [0.5, 0.6) is 0 Å². The van der Waals surface area contributed by atoms with Gasteiger partial charge in [-0.1, -0.05) is 26.0 Å². The van der Waals surface area contributed by atoms with Gasteiger partial charge >= 0.3 is 0 Å². The van der Waals surface area contributed by atoms with Crippen molar-refractivity contribution in [1.29, 1.82) is 0 Å². The van der Waals surface area contributed by atoms with E-state index < -0.39 is 0 Å². The second kappa shape index (κ2) is 5.33. The van der Waals surface area contributed by atoms with Crippen molar-refractivity contribution in [3.63, 3.8) is 0 Å². The van der Waals surface area contributed by atoms with Gasteiger partial charge in [0.25, 0.3) is 0 Å². The molecule has 1 fully saturated rings. The van der Waals surface area contributed by atoms with Crippen LogP contribution in [0, 0.1) is 0 Å². The van der Waals surface area contributed by atoms with E-state index >= 15 is 0 Å². The van der Waals surface area contributed by atoms with E-state index in [1.165, 1.54) is 0 Å². The lowest BCUT2D eigenvalue weighted by Gasteiger charge is -2.10. The fourth-order valence-electron chi connectivity index (χ4n) is 0.993. The van der Waals surface area contributed by atoms with Crippen molar-refractivity contribution in [2.24, 2.45) is 0 Å². The molecule has 12 heavy (non-hydrogen) atoms. The molecule has 0 bridgehead atoms. The van der Waals surface area contributed by atoms with E-state index in [9.17, 15) is 0 Å². The number of hydrogen-bond acceptors (Lipinski definition) is 2. The Kier molecular flexibility index (Phi) is 4.33. The zero-order valence-corrected chi connectivity index (χ0v) is 7.95. The van der Waals surface area contributed by atoms with E-state index in [1.807, 2.05) is 0 Å². The van der Waals surface area contributed by atoms with Crippen LogP contribution >= 0.6 is 0 Å². The molecule has 2 atom stereocenters. The van der Waals surface area contributed by atoms with Crippen LogP contribution in [0.2, 0.25) is 0 Å². The van der Waals surface area contributed by atoms with Crippen LogP contribution in [0.25, 0.3) is 0 Å². The first-order valence-corrected chi connectivity index (χ1v) is 4.76. The Morgan fingerprint density at radius 1 is 1.58 bits per heavy atom. The van der Waals surface area contributed by atoms with Gasteiger partial charge in [0.1, 0.15) is 6.10 Å². The Balaban J connectivity index is 2.09. The largest absolute Gasteiger partial charge is 0.371 e. The first-order chi connectivity index (χ1) is 5.86. The van der Waals surface area contributed by atoms with Crippen LogP contribution < -0.4 is 0 Å². The van der Waals surface area contributed by atoms with Gasteiger partial charge in [-0.15, -0.1) is 0 Å². The number of rotatable bonds is 6. The summed E-state index contributed by atoms with van der Waals surface area (Å²) in [5, 5.41) is 0. The van der Waals surface area contributed by atoms with E-state index in [1.54, 1.807) is 0 Å². The molecule has 2 nitrogen and oxygen atoms in total. The predicted molar refractivity (Wildman–Crippen MR) is 49.2 cm³/mol. The smallest absolute Gasteiger partial charge is 0.104 e. The average Bonchev–Trinajstić information content (AvgIpc) is 2.89. The summed E-state index contributed by atoms with van der Waals surface area (Å²) in [7, 11) is 0. The summed E-state index contributed by atoms with van der Waals surface area (Å²) in [6.07, 6.45) is 7.09. The molecule has 2 unspecified atom stereocenters. The lowest BCUT2D eigenvalue weighted by molar-refractivity contribution is 0.0698. The van der Waals surface area contributed by atoms with Gasteiger partial charge in [0.15, 0.2) is 0 Å². The summed E-state index contributed by atoms with van der Waals surface area (Å²) < 4.78 is 10.7. The van der Waals surface area contributed by atoms with Crippen LogP contribution in [0.4, 0.5) is 0 Å². The Labute approximate surface area is 74.6 Å². The topological polar surface area (TPSA) is 21.8 Å². The highest BCUT2D eigenvalue weighted by Gasteiger charge is 2.23. The molecule has 0 aromatic carbocycles. The molecule has 1 saturated heterocycles. The maximum absolute atomic E-state index is 5.61. The molecule has 1 aliphatic heterocycles. The lowest BCUT2D eigenvalue weighted by atomic mass is 10.2. The van der Waals surface area contributed by atoms with Crippen molar-refractivity contribution in [3.05, 3.63) is 12.2 Å². The zero-order chi connectivity index (χ0) is 8.81. The van der Waals surface area contributed by atoms with Gasteiger partial charge in [-0.3, -0.25) is 0 Å². The fourth-order valence-corrected chi connectivity index (χ4v) is 0.993. The number of ether oxygens (including phenoxy) is 2. The monoisotopic (exact) mass is 170 g/mol. The molecule has 1 heterocycles. The Bertz CT molecular complexity index is 139. The van der Waals surface area contributed by atoms with Crippen molar-refractivity contribution in [1.82, 2.24) is 0 Å². The van der Waals surface area contributed by atoms with E-state index in [-0.39, 0.29) is 6.10 Å². The minimum atomic E-state index is 0.286. The van der Waals surface area contributed by atoms with Crippen molar-refractivity contribution >= 4 is 0 Å². The summed E-state index contributed by atoms with van der Waals surface area (Å²) in [5.41, 5.74) is 0. The molecule has 2 heteroatoms. The highest BCUT2D eigenvalue weighted by molar-refractivity contribution is 4.88. The molecule has 0 spiro atoms. The predicted octanol–water partition coefficient (Wildman–Crippen LogP) is 2.15. The summed E-state index contributed by atoms with van der Waals surface area (Å²) in [5.74, 6) is 0. The molecule has 1 rings (SSSR count). The van der Waals surface area contributed by atoms with Gasteiger partial charge in [0.05, 0.1) is 19.3 Å². The van der Waals surface area contributed by atoms with E-state index in [0.717, 1.165) is 26.1 Å². The first kappa shape index (κ1) is 9.75. The number of allylic oxidation sites excluding steroid dienone is 1. The third-order valence-electron chi connectivity index (χ3n) is 1.89. The van der Waals surface area contributed by atoms with Crippen LogP contribution in [0.3, 0.4) is 0 Å². The summed E-state index contributed by atoms with van der Waals surface area (Å²) in [4.78, 5) is 0. The Morgan fingerprint density at radius 2 is 2.33 bits per heavy atom. The molecule has 0 radical (unpaired) electrons. The third kappa shape index (κ3) is 3.88. The van der Waals surface area contributed by atoms with Crippen molar-refractivity contribution in [2.75, 3.05) is 13.2 Å². The number of hydrogen-bond donors (Lipinski definition) is 0. The summed E-state index contributed by atoms with van der Waals surface area (Å²) >= 11 is 0. The minimum absolute atomic E-state index is 0.286. The highest BCUT2D eigenvalue weighted by atomic mass is 16.6. The van der Waals surface area contributed by atoms with Crippen molar-refractivity contribution < 1.29 is 9.47 Å². The maximum atomic E-state index is 5.61. The number of epoxide rings is 1. The molecular formula is C10H18O2. The Morgan fingerprint density at radius 3 is 2.83 bits per heavy atom. The van der Waals surface area contributed by atoms with Gasteiger partial charge in [-0.05, 0) is 12.8 Å². The van der Waals surface area contributed by atoms with Gasteiger partial charge < -0.3 is 9.47 Å². The van der Waals surface area contributed by atoms with E-state index in [2.05, 4.69) is 26.0 Å². The van der Waals surface area contributed by atoms with E-state index in [0.29, 0.717) is 6.10 Å². The second-order valence-corrected chi connectivity index (χ2v) is 3.07. The van der Waals surface area contributed by atoms with Crippen LogP contribution in [0.15, 0.2) is 12.2 Å². The third-order valence-corrected chi connectivity index (χ3v) is 1.89. The standard InChI is InChI=1S/C10H18O2/c1-3-5-6-9(4-2)11-7-10-8-12-10/h5-6,9-10H,3-4,7-8H2,1-2H3. The summed E-state index contributed by atoms with van der Waals surface area (Å²) in [6, 6.07) is 0. The van der Waals surface area contributed by atoms with Gasteiger partial charge in [0.2, 0.25) is 0 Å². The normalized spacial score (nSPS) is 24.7. The average molecular weight is 170 g/mol. The first-order valence-electron chi connectivity index (χ1n) is 4.76.